The predicted molar refractivity (Wildman–Crippen MR) is 133 cm³/mol. The van der Waals surface area contributed by atoms with Crippen molar-refractivity contribution in [3.63, 3.8) is 0 Å². The molecule has 2 saturated carbocycles. The van der Waals surface area contributed by atoms with Crippen LogP contribution in [0.1, 0.15) is 58.4 Å². The number of hydrogen-bond acceptors (Lipinski definition) is 4. The molecule has 7 heteroatoms. The molecule has 4 heterocycles. The molecule has 2 N–H and O–H groups in total. The molecule has 3 fully saturated rings. The predicted octanol–water partition coefficient (Wildman–Crippen LogP) is 4.12. The van der Waals surface area contributed by atoms with Crippen LogP contribution in [0, 0.1) is 5.82 Å². The van der Waals surface area contributed by atoms with Gasteiger partial charge < -0.3 is 15.0 Å². The Kier molecular flexibility index (Phi) is 4.26. The molecule has 2 spiro atoms. The monoisotopic (exact) mass is 484 g/mol. The maximum absolute atomic E-state index is 15.1. The van der Waals surface area contributed by atoms with Gasteiger partial charge in [-0.05, 0) is 61.8 Å². The van der Waals surface area contributed by atoms with E-state index in [1.165, 1.54) is 11.3 Å². The number of nitrogens with zero attached hydrogens (tertiary/aromatic N) is 2. The van der Waals surface area contributed by atoms with Crippen LogP contribution >= 0.6 is 0 Å². The van der Waals surface area contributed by atoms with Crippen LogP contribution in [0.25, 0.3) is 22.5 Å². The molecule has 8 rings (SSSR count). The van der Waals surface area contributed by atoms with E-state index in [2.05, 4.69) is 21.3 Å². The van der Waals surface area contributed by atoms with Gasteiger partial charge in [0.15, 0.2) is 0 Å². The van der Waals surface area contributed by atoms with E-state index in [1.807, 2.05) is 18.3 Å². The van der Waals surface area contributed by atoms with Gasteiger partial charge in [-0.1, -0.05) is 12.1 Å². The average molecular weight is 485 g/mol. The van der Waals surface area contributed by atoms with Gasteiger partial charge in [0.2, 0.25) is 0 Å². The zero-order valence-electron chi connectivity index (χ0n) is 20.3. The SMILES string of the molecule is O=C1NC2(CC2)C2(CC2)c2[nH]c3c(c21)CCc1cnc(-c2ccc(CN4CCOCC4)c(F)c2)cc1-3. The number of carbonyl (C=O) groups is 1. The topological polar surface area (TPSA) is 70.2 Å². The van der Waals surface area contributed by atoms with E-state index in [1.54, 1.807) is 6.07 Å². The van der Waals surface area contributed by atoms with E-state index < -0.39 is 0 Å². The summed E-state index contributed by atoms with van der Waals surface area (Å²) in [5.41, 5.74) is 8.86. The van der Waals surface area contributed by atoms with Gasteiger partial charge in [0, 0.05) is 53.6 Å². The molecule has 184 valence electrons. The number of fused-ring (bicyclic) bond motifs is 7. The number of aromatic nitrogens is 2. The molecule has 5 aliphatic rings. The van der Waals surface area contributed by atoms with Crippen molar-refractivity contribution in [3.8, 4) is 22.5 Å². The van der Waals surface area contributed by atoms with E-state index in [0.717, 1.165) is 85.3 Å². The highest BCUT2D eigenvalue weighted by Gasteiger charge is 2.70. The van der Waals surface area contributed by atoms with Crippen LogP contribution in [0.15, 0.2) is 30.5 Å². The Hall–Kier alpha value is -3.03. The summed E-state index contributed by atoms with van der Waals surface area (Å²) in [4.78, 5) is 23.9. The lowest BCUT2D eigenvalue weighted by Gasteiger charge is -2.33. The highest BCUT2D eigenvalue weighted by atomic mass is 19.1. The lowest BCUT2D eigenvalue weighted by Crippen LogP contribution is -2.51. The molecule has 6 nitrogen and oxygen atoms in total. The number of nitrogens with one attached hydrogen (secondary N) is 2. The van der Waals surface area contributed by atoms with Crippen molar-refractivity contribution in [1.29, 1.82) is 0 Å². The van der Waals surface area contributed by atoms with Crippen molar-refractivity contribution in [1.82, 2.24) is 20.2 Å². The van der Waals surface area contributed by atoms with Gasteiger partial charge in [-0.3, -0.25) is 14.7 Å². The molecule has 36 heavy (non-hydrogen) atoms. The van der Waals surface area contributed by atoms with Gasteiger partial charge in [-0.2, -0.15) is 0 Å². The molecule has 1 saturated heterocycles. The Morgan fingerprint density at radius 1 is 1.08 bits per heavy atom. The van der Waals surface area contributed by atoms with Gasteiger partial charge >= 0.3 is 0 Å². The summed E-state index contributed by atoms with van der Waals surface area (Å²) in [5, 5.41) is 3.39. The summed E-state index contributed by atoms with van der Waals surface area (Å²) in [6, 6.07) is 7.55. The second-order valence-corrected chi connectivity index (χ2v) is 11.3. The minimum atomic E-state index is -0.198. The average Bonchev–Trinajstić information content (AvgIpc) is 3.82. The molecule has 3 aromatic rings. The number of pyridine rings is 1. The third-order valence-electron chi connectivity index (χ3n) is 9.32. The Bertz CT molecular complexity index is 1430. The zero-order valence-corrected chi connectivity index (χ0v) is 20.3. The van der Waals surface area contributed by atoms with Gasteiger partial charge in [-0.15, -0.1) is 0 Å². The molecular formula is C29H29FN4O2. The molecule has 1 amide bonds. The molecule has 1 aromatic carbocycles. The number of aromatic amines is 1. The van der Waals surface area contributed by atoms with Crippen molar-refractivity contribution in [2.45, 2.75) is 56.0 Å². The Morgan fingerprint density at radius 3 is 2.67 bits per heavy atom. The zero-order chi connectivity index (χ0) is 24.1. The van der Waals surface area contributed by atoms with Crippen molar-refractivity contribution >= 4 is 5.91 Å². The van der Waals surface area contributed by atoms with Crippen molar-refractivity contribution in [3.05, 3.63) is 64.2 Å². The standard InChI is InChI=1S/C29H29FN4O2/c30-22-13-17(1-2-19(22)16-34-9-11-36-12-10-34)23-14-21-18(15-31-23)3-4-20-24-26(32-25(20)21)28(5-6-28)29(7-8-29)33-27(24)35/h1-2,13-15,32H,3-12,16H2,(H,33,35). The maximum Gasteiger partial charge on any atom is 0.253 e. The van der Waals surface area contributed by atoms with Crippen LogP contribution in [0.4, 0.5) is 4.39 Å². The fourth-order valence-corrected chi connectivity index (χ4v) is 7.02. The van der Waals surface area contributed by atoms with Crippen molar-refractivity contribution in [2.24, 2.45) is 0 Å². The molecule has 2 aromatic heterocycles. The number of aryl methyl sites for hydroxylation is 1. The fraction of sp³-hybridized carbons (Fsp3) is 0.448. The Labute approximate surface area is 209 Å². The number of morpholine rings is 1. The number of hydrogen-bond donors (Lipinski definition) is 2. The molecule has 3 aliphatic carbocycles. The third-order valence-corrected chi connectivity index (χ3v) is 9.32. The second-order valence-electron chi connectivity index (χ2n) is 11.3. The summed E-state index contributed by atoms with van der Waals surface area (Å²) >= 11 is 0. The molecule has 0 bridgehead atoms. The van der Waals surface area contributed by atoms with Gasteiger partial charge in [0.1, 0.15) is 5.82 Å². The Morgan fingerprint density at radius 2 is 1.92 bits per heavy atom. The van der Waals surface area contributed by atoms with E-state index in [9.17, 15) is 4.79 Å². The maximum atomic E-state index is 15.1. The van der Waals surface area contributed by atoms with Crippen LogP contribution < -0.4 is 5.32 Å². The number of rotatable bonds is 3. The molecule has 2 aliphatic heterocycles. The van der Waals surface area contributed by atoms with Crippen LogP contribution in [-0.2, 0) is 29.5 Å². The largest absolute Gasteiger partial charge is 0.379 e. The number of H-pyrrole nitrogens is 1. The first-order valence-corrected chi connectivity index (χ1v) is 13.2. The molecule has 0 radical (unpaired) electrons. The molecular weight excluding hydrogens is 455 g/mol. The molecule has 0 unspecified atom stereocenters. The third kappa shape index (κ3) is 2.90. The lowest BCUT2D eigenvalue weighted by molar-refractivity contribution is 0.0337. The quantitative estimate of drug-likeness (QED) is 0.587. The lowest BCUT2D eigenvalue weighted by atomic mass is 9.81. The first kappa shape index (κ1) is 21.1. The van der Waals surface area contributed by atoms with Gasteiger partial charge in [0.05, 0.1) is 35.7 Å². The number of carbonyl (C=O) groups excluding carboxylic acids is 1. The highest BCUT2D eigenvalue weighted by molar-refractivity contribution is 6.02. The smallest absolute Gasteiger partial charge is 0.253 e. The Balaban J connectivity index is 1.16. The van der Waals surface area contributed by atoms with Gasteiger partial charge in [0.25, 0.3) is 5.91 Å². The van der Waals surface area contributed by atoms with Crippen LogP contribution in [-0.4, -0.2) is 52.6 Å². The van der Waals surface area contributed by atoms with E-state index in [0.29, 0.717) is 25.3 Å². The van der Waals surface area contributed by atoms with Crippen LogP contribution in [0.5, 0.6) is 0 Å². The minimum Gasteiger partial charge on any atom is -0.379 e. The molecule has 0 atom stereocenters. The van der Waals surface area contributed by atoms with Crippen LogP contribution in [0.3, 0.4) is 0 Å². The van der Waals surface area contributed by atoms with E-state index >= 15 is 4.39 Å². The first-order valence-electron chi connectivity index (χ1n) is 13.2. The first-order chi connectivity index (χ1) is 17.6. The van der Waals surface area contributed by atoms with Crippen molar-refractivity contribution in [2.75, 3.05) is 26.3 Å². The number of benzene rings is 1. The van der Waals surface area contributed by atoms with Gasteiger partial charge in [-0.25, -0.2) is 4.39 Å². The summed E-state index contributed by atoms with van der Waals surface area (Å²) in [6.45, 7) is 3.65. The van der Waals surface area contributed by atoms with E-state index in [-0.39, 0.29) is 22.7 Å². The highest BCUT2D eigenvalue weighted by Crippen LogP contribution is 2.67. The summed E-state index contributed by atoms with van der Waals surface area (Å²) in [7, 11) is 0. The number of amides is 1. The van der Waals surface area contributed by atoms with E-state index in [4.69, 9.17) is 9.72 Å². The summed E-state index contributed by atoms with van der Waals surface area (Å²) in [5.74, 6) is -0.107. The number of halogens is 1. The normalized spacial score (nSPS) is 22.6. The minimum absolute atomic E-state index is 0.0166. The summed E-state index contributed by atoms with van der Waals surface area (Å²) < 4.78 is 20.5. The fourth-order valence-electron chi connectivity index (χ4n) is 7.02. The second kappa shape index (κ2) is 7.26. The van der Waals surface area contributed by atoms with Crippen molar-refractivity contribution < 1.29 is 13.9 Å². The van der Waals surface area contributed by atoms with Crippen LogP contribution in [0.2, 0.25) is 0 Å². The number of ether oxygens (including phenoxy) is 1. The summed E-state index contributed by atoms with van der Waals surface area (Å²) in [6.07, 6.45) is 8.09.